The molecule has 0 saturated carbocycles. The Morgan fingerprint density at radius 2 is 1.14 bits per heavy atom. The summed E-state index contributed by atoms with van der Waals surface area (Å²) in [5.74, 6) is 0. The smallest absolute Gasteiger partial charge is 0.0897 e. The van der Waals surface area contributed by atoms with Crippen LogP contribution in [0.4, 0.5) is 0 Å². The van der Waals surface area contributed by atoms with Gasteiger partial charge in [-0.05, 0) is 25.0 Å². The summed E-state index contributed by atoms with van der Waals surface area (Å²) in [6, 6.07) is 6.42. The van der Waals surface area contributed by atoms with E-state index in [2.05, 4.69) is 76.4 Å². The first kappa shape index (κ1) is 28.1. The van der Waals surface area contributed by atoms with Crippen molar-refractivity contribution in [3.8, 4) is 0 Å². The third kappa shape index (κ3) is 9.17. The van der Waals surface area contributed by atoms with E-state index in [0.29, 0.717) is 0 Å². The van der Waals surface area contributed by atoms with Gasteiger partial charge in [-0.3, -0.25) is 4.98 Å². The Kier molecular flexibility index (Phi) is 14.5. The minimum atomic E-state index is 0. The standard InChI is InChI=1S/C21H33N5.2ClH.Pd/c1-3-5-10-23-12-14-25(18-23)16-20-8-7-9-21(22-20)17-26-15-13-24(19-26)11-6-4-2;;;/h7-9,12-15H,3-6,10-11,16-19H2,1-2H3;2*1H;/p-2. The van der Waals surface area contributed by atoms with Crippen molar-refractivity contribution in [3.05, 3.63) is 54.4 Å². The zero-order valence-corrected chi connectivity index (χ0v) is 20.5. The molecule has 3 rings (SSSR count). The second-order valence-electron chi connectivity index (χ2n) is 7.32. The van der Waals surface area contributed by atoms with Gasteiger partial charge in [0.1, 0.15) is 0 Å². The van der Waals surface area contributed by atoms with Crippen LogP contribution in [-0.2, 0) is 33.5 Å². The van der Waals surface area contributed by atoms with Crippen molar-refractivity contribution in [2.75, 3.05) is 26.4 Å². The van der Waals surface area contributed by atoms with Gasteiger partial charge in [-0.15, -0.1) is 0 Å². The van der Waals surface area contributed by atoms with Gasteiger partial charge in [-0.2, -0.15) is 0 Å². The number of hydrogen-bond donors (Lipinski definition) is 0. The fourth-order valence-electron chi connectivity index (χ4n) is 3.37. The van der Waals surface area contributed by atoms with Crippen LogP contribution in [0.25, 0.3) is 0 Å². The number of unbranched alkanes of at least 4 members (excludes halogenated alkanes) is 2. The van der Waals surface area contributed by atoms with Crippen LogP contribution in [0.2, 0.25) is 0 Å². The molecule has 0 bridgehead atoms. The van der Waals surface area contributed by atoms with E-state index in [9.17, 15) is 0 Å². The van der Waals surface area contributed by atoms with E-state index >= 15 is 0 Å². The molecule has 2 aliphatic heterocycles. The van der Waals surface area contributed by atoms with E-state index in [1.807, 2.05) is 0 Å². The van der Waals surface area contributed by atoms with Gasteiger partial charge in [0.2, 0.25) is 0 Å². The van der Waals surface area contributed by atoms with E-state index in [4.69, 9.17) is 4.98 Å². The van der Waals surface area contributed by atoms with Crippen molar-refractivity contribution in [2.45, 2.75) is 52.6 Å². The summed E-state index contributed by atoms with van der Waals surface area (Å²) in [5, 5.41) is 0. The molecule has 0 unspecified atom stereocenters. The fraction of sp³-hybridized carbons (Fsp3) is 0.571. The summed E-state index contributed by atoms with van der Waals surface area (Å²) in [4.78, 5) is 14.3. The van der Waals surface area contributed by atoms with Gasteiger partial charge in [-0.1, -0.05) is 32.8 Å². The summed E-state index contributed by atoms with van der Waals surface area (Å²) in [6.45, 7) is 10.5. The molecule has 0 aliphatic carbocycles. The maximum atomic E-state index is 4.89. The zero-order chi connectivity index (χ0) is 18.2. The average Bonchev–Trinajstić information content (AvgIpc) is 3.28. The third-order valence-electron chi connectivity index (χ3n) is 4.90. The van der Waals surface area contributed by atoms with Crippen LogP contribution in [0.3, 0.4) is 0 Å². The first-order chi connectivity index (χ1) is 12.8. The van der Waals surface area contributed by atoms with Crippen LogP contribution in [0.1, 0.15) is 50.9 Å². The average molecular weight is 533 g/mol. The molecule has 1 aromatic rings. The molecule has 168 valence electrons. The molecule has 8 heteroatoms. The quantitative estimate of drug-likeness (QED) is 0.318. The molecule has 0 aromatic carbocycles. The Balaban J connectivity index is 0.00000261. The Bertz CT molecular complexity index is 580. The molecule has 0 fully saturated rings. The van der Waals surface area contributed by atoms with Crippen LogP contribution in [-0.4, -0.2) is 51.0 Å². The SMILES string of the molecule is CCCCN1C=CN(Cc2cccc(CN3C=CN(CCCC)C3)n2)C1.[Cl-].[Cl-].[Pd]. The number of hydrogen-bond acceptors (Lipinski definition) is 5. The van der Waals surface area contributed by atoms with Crippen LogP contribution in [0.15, 0.2) is 43.0 Å². The molecule has 0 amide bonds. The zero-order valence-electron chi connectivity index (χ0n) is 17.4. The van der Waals surface area contributed by atoms with Crippen LogP contribution < -0.4 is 24.8 Å². The summed E-state index contributed by atoms with van der Waals surface area (Å²) < 4.78 is 0. The van der Waals surface area contributed by atoms with Crippen molar-refractivity contribution in [2.24, 2.45) is 0 Å². The Morgan fingerprint density at radius 1 is 0.724 bits per heavy atom. The molecule has 0 atom stereocenters. The van der Waals surface area contributed by atoms with Crippen LogP contribution in [0.5, 0.6) is 0 Å². The van der Waals surface area contributed by atoms with Crippen molar-refractivity contribution < 1.29 is 45.2 Å². The second-order valence-corrected chi connectivity index (χ2v) is 7.32. The number of pyridine rings is 1. The molecule has 0 spiro atoms. The molecule has 0 radical (unpaired) electrons. The van der Waals surface area contributed by atoms with Gasteiger partial charge in [0.25, 0.3) is 0 Å². The maximum absolute atomic E-state index is 4.89. The van der Waals surface area contributed by atoms with Crippen molar-refractivity contribution in [1.29, 1.82) is 0 Å². The number of nitrogens with zero attached hydrogens (tertiary/aromatic N) is 5. The summed E-state index contributed by atoms with van der Waals surface area (Å²) in [6.07, 6.45) is 13.8. The topological polar surface area (TPSA) is 25.9 Å². The van der Waals surface area contributed by atoms with E-state index in [1.54, 1.807) is 0 Å². The predicted molar refractivity (Wildman–Crippen MR) is 107 cm³/mol. The van der Waals surface area contributed by atoms with Gasteiger partial charge in [-0.25, -0.2) is 0 Å². The van der Waals surface area contributed by atoms with Crippen molar-refractivity contribution in [3.63, 3.8) is 0 Å². The second kappa shape index (κ2) is 15.0. The fourth-order valence-corrected chi connectivity index (χ4v) is 3.37. The van der Waals surface area contributed by atoms with Gasteiger partial charge in [0.05, 0.1) is 37.8 Å². The van der Waals surface area contributed by atoms with E-state index < -0.39 is 0 Å². The largest absolute Gasteiger partial charge is 1.00 e. The monoisotopic (exact) mass is 531 g/mol. The molecule has 3 heterocycles. The molecule has 0 N–H and O–H groups in total. The van der Waals surface area contributed by atoms with Crippen molar-refractivity contribution in [1.82, 2.24) is 24.6 Å². The molecule has 2 aliphatic rings. The molecule has 1 aromatic heterocycles. The molecule has 29 heavy (non-hydrogen) atoms. The van der Waals surface area contributed by atoms with Crippen LogP contribution >= 0.6 is 0 Å². The Hall–Kier alpha value is -0.928. The summed E-state index contributed by atoms with van der Waals surface area (Å²) >= 11 is 0. The first-order valence-corrected chi connectivity index (χ1v) is 10.0. The molecule has 0 saturated heterocycles. The minimum Gasteiger partial charge on any atom is -1.00 e. The molecular weight excluding hydrogens is 500 g/mol. The summed E-state index contributed by atoms with van der Waals surface area (Å²) in [5.41, 5.74) is 2.30. The third-order valence-corrected chi connectivity index (χ3v) is 4.90. The summed E-state index contributed by atoms with van der Waals surface area (Å²) in [7, 11) is 0. The van der Waals surface area contributed by atoms with Crippen molar-refractivity contribution >= 4 is 0 Å². The minimum absolute atomic E-state index is 0. The van der Waals surface area contributed by atoms with E-state index in [0.717, 1.165) is 50.9 Å². The van der Waals surface area contributed by atoms with Gasteiger partial charge in [0.15, 0.2) is 0 Å². The molecule has 5 nitrogen and oxygen atoms in total. The number of rotatable bonds is 10. The van der Waals surface area contributed by atoms with E-state index in [-0.39, 0.29) is 45.2 Å². The Labute approximate surface area is 202 Å². The van der Waals surface area contributed by atoms with Gasteiger partial charge < -0.3 is 44.4 Å². The normalized spacial score (nSPS) is 14.7. The number of halogens is 2. The van der Waals surface area contributed by atoms with Gasteiger partial charge >= 0.3 is 0 Å². The Morgan fingerprint density at radius 3 is 1.55 bits per heavy atom. The molecular formula is C21H33Cl2N5Pd-2. The predicted octanol–water partition coefficient (Wildman–Crippen LogP) is -2.22. The maximum Gasteiger partial charge on any atom is 0.0897 e. The van der Waals surface area contributed by atoms with Crippen LogP contribution in [0, 0.1) is 0 Å². The van der Waals surface area contributed by atoms with E-state index in [1.165, 1.54) is 25.7 Å². The first-order valence-electron chi connectivity index (χ1n) is 10.0. The van der Waals surface area contributed by atoms with Gasteiger partial charge in [0, 0.05) is 58.3 Å². The number of aromatic nitrogens is 1.